The van der Waals surface area contributed by atoms with Crippen LogP contribution < -0.4 is 24.8 Å². The van der Waals surface area contributed by atoms with Crippen LogP contribution in [0.25, 0.3) is 11.1 Å². The SMILES string of the molecule is CCCCC1C=C(C(C)(C)C)C=[C]1[Zr+2](=[C](c1ccc(C)cc1)c1ccc(C)cc1)[CH]1c2cc(C(C)(C)C)ccc2-c2ccc(C(C)(C)C)cc21.[Cl-].[Cl-]. The van der Waals surface area contributed by atoms with Crippen LogP contribution in [0.5, 0.6) is 0 Å². The van der Waals surface area contributed by atoms with Crippen molar-refractivity contribution in [1.82, 2.24) is 0 Å². The zero-order valence-electron chi connectivity index (χ0n) is 33.8. The van der Waals surface area contributed by atoms with Gasteiger partial charge in [0.05, 0.1) is 0 Å². The van der Waals surface area contributed by atoms with Gasteiger partial charge in [0.25, 0.3) is 0 Å². The van der Waals surface area contributed by atoms with Gasteiger partial charge >= 0.3 is 314 Å². The molecule has 0 nitrogen and oxygen atoms in total. The Bertz CT molecular complexity index is 1870. The fraction of sp³-hybridized carbons (Fsp3) is 0.408. The average Bonchev–Trinajstić information content (AvgIpc) is 3.62. The summed E-state index contributed by atoms with van der Waals surface area (Å²) >= 11 is -2.96. The van der Waals surface area contributed by atoms with Gasteiger partial charge in [-0.1, -0.05) is 0 Å². The fourth-order valence-corrected chi connectivity index (χ4v) is 17.5. The van der Waals surface area contributed by atoms with E-state index in [1.165, 1.54) is 69.3 Å². The molecule has 0 heterocycles. The first-order chi connectivity index (χ1) is 23.5. The molecule has 0 saturated carbocycles. The zero-order valence-corrected chi connectivity index (χ0v) is 37.7. The molecule has 2 aliphatic carbocycles. The van der Waals surface area contributed by atoms with Crippen LogP contribution in [-0.2, 0) is 32.1 Å². The Balaban J connectivity index is 0.00000302. The van der Waals surface area contributed by atoms with Crippen molar-refractivity contribution in [1.29, 1.82) is 0 Å². The molecule has 0 aromatic heterocycles. The Morgan fingerprint density at radius 3 is 1.42 bits per heavy atom. The van der Waals surface area contributed by atoms with Crippen LogP contribution in [0.4, 0.5) is 0 Å². The van der Waals surface area contributed by atoms with Gasteiger partial charge in [-0.2, -0.15) is 0 Å². The maximum atomic E-state index is 2.73. The summed E-state index contributed by atoms with van der Waals surface area (Å²) in [5.41, 5.74) is 16.2. The van der Waals surface area contributed by atoms with Gasteiger partial charge in [0.15, 0.2) is 0 Å². The zero-order chi connectivity index (χ0) is 36.2. The van der Waals surface area contributed by atoms with Gasteiger partial charge in [-0.3, -0.25) is 0 Å². The van der Waals surface area contributed by atoms with Crippen LogP contribution in [0.2, 0.25) is 0 Å². The molecule has 274 valence electrons. The summed E-state index contributed by atoms with van der Waals surface area (Å²) in [5, 5.41) is 0. The molecule has 1 atom stereocenters. The van der Waals surface area contributed by atoms with Crippen molar-refractivity contribution in [3.05, 3.63) is 150 Å². The van der Waals surface area contributed by atoms with E-state index in [1.807, 2.05) is 0 Å². The third-order valence-electron chi connectivity index (χ3n) is 11.1. The largest absolute Gasteiger partial charge is 1.00 e. The number of aryl methyl sites for hydroxylation is 2. The Morgan fingerprint density at radius 2 is 1.04 bits per heavy atom. The molecule has 4 aromatic rings. The van der Waals surface area contributed by atoms with E-state index < -0.39 is 21.3 Å². The van der Waals surface area contributed by atoms with Crippen LogP contribution >= 0.6 is 0 Å². The van der Waals surface area contributed by atoms with E-state index in [2.05, 4.69) is 180 Å². The van der Waals surface area contributed by atoms with Crippen molar-refractivity contribution in [2.24, 2.45) is 11.3 Å². The number of unbranched alkanes of at least 4 members (excludes halogenated alkanes) is 1. The van der Waals surface area contributed by atoms with E-state index in [1.54, 1.807) is 17.6 Å². The number of rotatable bonds is 7. The van der Waals surface area contributed by atoms with Crippen LogP contribution in [0.1, 0.15) is 137 Å². The van der Waals surface area contributed by atoms with Crippen molar-refractivity contribution in [3.8, 4) is 11.1 Å². The number of fused-ring (bicyclic) bond motifs is 3. The van der Waals surface area contributed by atoms with Crippen molar-refractivity contribution in [3.63, 3.8) is 0 Å². The molecular formula is C49H60Cl2Zr. The summed E-state index contributed by atoms with van der Waals surface area (Å²) in [5.74, 6) is 0.494. The topological polar surface area (TPSA) is 0 Å². The number of allylic oxidation sites excluding steroid dienone is 4. The predicted octanol–water partition coefficient (Wildman–Crippen LogP) is 7.54. The molecule has 0 bridgehead atoms. The Kier molecular flexibility index (Phi) is 13.2. The molecule has 6 rings (SSSR count). The maximum Gasteiger partial charge on any atom is -1.00 e. The Hall–Kier alpha value is -2.31. The summed E-state index contributed by atoms with van der Waals surface area (Å²) in [4.78, 5) is 0. The second kappa shape index (κ2) is 16.2. The molecular weight excluding hydrogens is 751 g/mol. The first-order valence-corrected chi connectivity index (χ1v) is 23.0. The van der Waals surface area contributed by atoms with Crippen molar-refractivity contribution >= 4 is 3.21 Å². The van der Waals surface area contributed by atoms with Gasteiger partial charge in [0.1, 0.15) is 0 Å². The Morgan fingerprint density at radius 1 is 0.596 bits per heavy atom. The second-order valence-electron chi connectivity index (χ2n) is 18.3. The fourth-order valence-electron chi connectivity index (χ4n) is 7.91. The van der Waals surface area contributed by atoms with Crippen LogP contribution in [-0.4, -0.2) is 3.21 Å². The number of benzene rings is 4. The number of halogens is 2. The first kappa shape index (κ1) is 42.4. The second-order valence-corrected chi connectivity index (χ2v) is 24.4. The molecule has 0 N–H and O–H groups in total. The molecule has 0 spiro atoms. The van der Waals surface area contributed by atoms with E-state index in [0.29, 0.717) is 9.54 Å². The van der Waals surface area contributed by atoms with E-state index in [9.17, 15) is 0 Å². The third-order valence-corrected chi connectivity index (χ3v) is 19.6. The van der Waals surface area contributed by atoms with Crippen LogP contribution in [0.3, 0.4) is 0 Å². The predicted molar refractivity (Wildman–Crippen MR) is 215 cm³/mol. The monoisotopic (exact) mass is 808 g/mol. The number of hydrogen-bond acceptors (Lipinski definition) is 0. The minimum atomic E-state index is -2.96. The summed E-state index contributed by atoms with van der Waals surface area (Å²) < 4.78 is 3.82. The third kappa shape index (κ3) is 8.64. The van der Waals surface area contributed by atoms with Gasteiger partial charge in [0, 0.05) is 0 Å². The van der Waals surface area contributed by atoms with Gasteiger partial charge in [-0.15, -0.1) is 0 Å². The van der Waals surface area contributed by atoms with E-state index >= 15 is 0 Å². The average molecular weight is 811 g/mol. The smallest absolute Gasteiger partial charge is 1.00 e. The molecule has 0 saturated heterocycles. The van der Waals surface area contributed by atoms with E-state index in [-0.39, 0.29) is 41.1 Å². The molecule has 4 aromatic carbocycles. The molecule has 0 aliphatic heterocycles. The first-order valence-electron chi connectivity index (χ1n) is 19.1. The molecule has 0 fully saturated rings. The van der Waals surface area contributed by atoms with Crippen molar-refractivity contribution in [2.75, 3.05) is 0 Å². The van der Waals surface area contributed by atoms with Gasteiger partial charge in [-0.25, -0.2) is 0 Å². The summed E-state index contributed by atoms with van der Waals surface area (Å²) in [6, 6.07) is 34.1. The molecule has 52 heavy (non-hydrogen) atoms. The summed E-state index contributed by atoms with van der Waals surface area (Å²) in [6.07, 6.45) is 9.15. The van der Waals surface area contributed by atoms with Crippen LogP contribution in [0.15, 0.2) is 106 Å². The Labute approximate surface area is 336 Å². The standard InChI is InChI=1S/C21H25.C15H14.C13H21.2ClH.Zr/c1-20(2,3)16-7-9-18-14(12-16)11-15-13-17(21(4,5)6)8-10-19(15)18;1-12-3-7-14(8-4-12)11-15-9-5-13(2)6-10-15;1-5-6-7-11-8-9-12(10-11)13(2,3)4;;;/h7-13H,1-6H3;3-10H,1-2H3;9-11H,5-7H2,1-4H3;2*1H;/q;;;;;+2/p-2. The van der Waals surface area contributed by atoms with Crippen molar-refractivity contribution in [2.45, 2.75) is 117 Å². The summed E-state index contributed by atoms with van der Waals surface area (Å²) in [7, 11) is 0. The van der Waals surface area contributed by atoms with E-state index in [0.717, 1.165) is 0 Å². The van der Waals surface area contributed by atoms with Gasteiger partial charge in [-0.05, 0) is 0 Å². The minimum absolute atomic E-state index is 0. The molecule has 1 unspecified atom stereocenters. The van der Waals surface area contributed by atoms with Gasteiger partial charge < -0.3 is 24.8 Å². The van der Waals surface area contributed by atoms with Gasteiger partial charge in [0.2, 0.25) is 0 Å². The molecule has 0 radical (unpaired) electrons. The van der Waals surface area contributed by atoms with Crippen molar-refractivity contribution < 1.29 is 46.1 Å². The molecule has 2 aliphatic rings. The normalized spacial score (nSPS) is 15.4. The maximum absolute atomic E-state index is 2.96. The summed E-state index contributed by atoms with van der Waals surface area (Å²) in [6.45, 7) is 28.3. The van der Waals surface area contributed by atoms with Crippen LogP contribution in [0, 0.1) is 25.2 Å². The molecule has 3 heteroatoms. The quantitative estimate of drug-likeness (QED) is 0.181. The minimum Gasteiger partial charge on any atom is -1.00 e. The molecule has 0 amide bonds. The van der Waals surface area contributed by atoms with E-state index in [4.69, 9.17) is 0 Å². The number of hydrogen-bond donors (Lipinski definition) is 0.